The van der Waals surface area contributed by atoms with Crippen LogP contribution < -0.4 is 10.6 Å². The van der Waals surface area contributed by atoms with Crippen molar-refractivity contribution in [1.29, 1.82) is 0 Å². The molecule has 27 heavy (non-hydrogen) atoms. The third-order valence-corrected chi connectivity index (χ3v) is 8.01. The van der Waals surface area contributed by atoms with Crippen LogP contribution >= 0.6 is 8.07 Å². The lowest BCUT2D eigenvalue weighted by molar-refractivity contribution is 0.227. The summed E-state index contributed by atoms with van der Waals surface area (Å²) in [6.07, 6.45) is 2.33. The monoisotopic (exact) mass is 380 g/mol. The van der Waals surface area contributed by atoms with Crippen LogP contribution in [0, 0.1) is 5.41 Å². The largest absolute Gasteiger partial charge is 0.478 e. The minimum Gasteiger partial charge on any atom is -0.478 e. The number of hydrogen-bond acceptors (Lipinski definition) is 3. The van der Waals surface area contributed by atoms with E-state index in [-0.39, 0.29) is 11.5 Å². The molecular formula is C23H29N2OP. The van der Waals surface area contributed by atoms with Gasteiger partial charge < -0.3 is 4.74 Å². The number of nitrogens with zero attached hydrogens (tertiary/aromatic N) is 2. The lowest BCUT2D eigenvalue weighted by Gasteiger charge is -2.33. The third kappa shape index (κ3) is 3.95. The summed E-state index contributed by atoms with van der Waals surface area (Å²) in [5.74, 6) is 0.965. The molecule has 4 rings (SSSR count). The van der Waals surface area contributed by atoms with Gasteiger partial charge >= 0.3 is 0 Å². The topological polar surface area (TPSA) is 24.8 Å². The number of benzene rings is 2. The van der Waals surface area contributed by atoms with Crippen LogP contribution in [0.3, 0.4) is 0 Å². The Kier molecular flexibility index (Phi) is 5.34. The average Bonchev–Trinajstić information content (AvgIpc) is 3.33. The fraction of sp³-hybridized carbons (Fsp3) is 0.435. The van der Waals surface area contributed by atoms with Crippen LogP contribution in [0.4, 0.5) is 0 Å². The van der Waals surface area contributed by atoms with Gasteiger partial charge in [-0.3, -0.25) is 4.67 Å². The molecule has 0 spiro atoms. The Morgan fingerprint density at radius 1 is 0.963 bits per heavy atom. The molecular weight excluding hydrogens is 351 g/mol. The molecule has 0 aliphatic carbocycles. The van der Waals surface area contributed by atoms with E-state index in [1.165, 1.54) is 17.0 Å². The molecule has 3 nitrogen and oxygen atoms in total. The first-order valence-corrected chi connectivity index (χ1v) is 11.2. The van der Waals surface area contributed by atoms with E-state index in [0.29, 0.717) is 6.04 Å². The van der Waals surface area contributed by atoms with Crippen LogP contribution in [0.2, 0.25) is 0 Å². The van der Waals surface area contributed by atoms with E-state index in [0.717, 1.165) is 25.5 Å². The zero-order valence-corrected chi connectivity index (χ0v) is 17.4. The van der Waals surface area contributed by atoms with Gasteiger partial charge in [-0.2, -0.15) is 0 Å². The normalized spacial score (nSPS) is 23.5. The first kappa shape index (κ1) is 18.7. The molecule has 0 amide bonds. The van der Waals surface area contributed by atoms with E-state index < -0.39 is 8.07 Å². The van der Waals surface area contributed by atoms with Crippen LogP contribution in [0.15, 0.2) is 65.7 Å². The zero-order chi connectivity index (χ0) is 18.9. The first-order valence-electron chi connectivity index (χ1n) is 9.91. The molecule has 0 unspecified atom stereocenters. The molecule has 2 aromatic rings. The lowest BCUT2D eigenvalue weighted by atomic mass is 9.88. The van der Waals surface area contributed by atoms with Gasteiger partial charge in [-0.1, -0.05) is 81.4 Å². The maximum absolute atomic E-state index is 6.15. The zero-order valence-electron chi connectivity index (χ0n) is 16.5. The Morgan fingerprint density at radius 3 is 2.07 bits per heavy atom. The molecule has 0 N–H and O–H groups in total. The maximum atomic E-state index is 6.15. The molecule has 4 heteroatoms. The van der Waals surface area contributed by atoms with Crippen molar-refractivity contribution in [2.75, 3.05) is 13.2 Å². The van der Waals surface area contributed by atoms with E-state index in [4.69, 9.17) is 9.73 Å². The third-order valence-electron chi connectivity index (χ3n) is 5.44. The Bertz CT molecular complexity index is 746. The summed E-state index contributed by atoms with van der Waals surface area (Å²) in [6.45, 7) is 8.57. The average molecular weight is 380 g/mol. The van der Waals surface area contributed by atoms with E-state index >= 15 is 0 Å². The SMILES string of the molecule is CC(C)(C)[C@@H]1COC([C@@H]2CCCN2P(c2ccccc2)c2ccccc2)=N1. The molecule has 0 aromatic heterocycles. The van der Waals surface area contributed by atoms with Crippen LogP contribution in [0.25, 0.3) is 0 Å². The van der Waals surface area contributed by atoms with Crippen LogP contribution in [-0.2, 0) is 4.74 Å². The Labute approximate surface area is 164 Å². The van der Waals surface area contributed by atoms with Gasteiger partial charge in [-0.15, -0.1) is 0 Å². The minimum atomic E-state index is -0.577. The molecule has 2 aliphatic heterocycles. The molecule has 2 aliphatic rings. The van der Waals surface area contributed by atoms with Crippen LogP contribution in [0.1, 0.15) is 33.6 Å². The van der Waals surface area contributed by atoms with Crippen molar-refractivity contribution in [3.63, 3.8) is 0 Å². The van der Waals surface area contributed by atoms with Crippen molar-refractivity contribution >= 4 is 24.6 Å². The molecule has 0 radical (unpaired) electrons. The van der Waals surface area contributed by atoms with Gasteiger partial charge in [0, 0.05) is 14.6 Å². The van der Waals surface area contributed by atoms with Crippen molar-refractivity contribution in [3.8, 4) is 0 Å². The first-order chi connectivity index (χ1) is 13.0. The quantitative estimate of drug-likeness (QED) is 0.737. The van der Waals surface area contributed by atoms with Gasteiger partial charge in [0.05, 0.1) is 12.1 Å². The fourth-order valence-corrected chi connectivity index (χ4v) is 6.48. The Morgan fingerprint density at radius 2 is 1.56 bits per heavy atom. The molecule has 0 bridgehead atoms. The molecule has 2 aromatic carbocycles. The fourth-order valence-electron chi connectivity index (χ4n) is 3.84. The standard InChI is InChI=1S/C23H29N2OP/c1-23(2,3)21-17-26-22(24-21)20-15-10-16-25(20)27(18-11-6-4-7-12-18)19-13-8-5-9-14-19/h4-9,11-14,20-21H,10,15-17H2,1-3H3/t20-,21-/m0/s1. The van der Waals surface area contributed by atoms with Crippen LogP contribution in [-0.4, -0.2) is 35.8 Å². The summed E-state index contributed by atoms with van der Waals surface area (Å²) in [4.78, 5) is 5.02. The summed E-state index contributed by atoms with van der Waals surface area (Å²) >= 11 is 0. The van der Waals surface area contributed by atoms with E-state index in [1.54, 1.807) is 0 Å². The summed E-state index contributed by atoms with van der Waals surface area (Å²) in [7, 11) is -0.577. The molecule has 1 saturated heterocycles. The summed E-state index contributed by atoms with van der Waals surface area (Å²) < 4.78 is 8.80. The lowest BCUT2D eigenvalue weighted by Crippen LogP contribution is -2.37. The van der Waals surface area contributed by atoms with E-state index in [9.17, 15) is 0 Å². The summed E-state index contributed by atoms with van der Waals surface area (Å²) in [6, 6.07) is 22.4. The van der Waals surface area contributed by atoms with Crippen molar-refractivity contribution in [2.24, 2.45) is 10.4 Å². The smallest absolute Gasteiger partial charge is 0.201 e. The molecule has 0 saturated carbocycles. The Balaban J connectivity index is 1.68. The van der Waals surface area contributed by atoms with Gasteiger partial charge in [0.25, 0.3) is 0 Å². The van der Waals surface area contributed by atoms with Gasteiger partial charge in [0.1, 0.15) is 6.61 Å². The highest BCUT2D eigenvalue weighted by molar-refractivity contribution is 7.70. The van der Waals surface area contributed by atoms with Gasteiger partial charge in [-0.25, -0.2) is 4.99 Å². The second-order valence-electron chi connectivity index (χ2n) is 8.46. The Hall–Kier alpha value is -1.70. The second-order valence-corrected chi connectivity index (χ2v) is 10.6. The van der Waals surface area contributed by atoms with Crippen molar-refractivity contribution in [2.45, 2.75) is 45.7 Å². The number of aliphatic imine (C=N–C) groups is 1. The highest BCUT2D eigenvalue weighted by Gasteiger charge is 2.40. The highest BCUT2D eigenvalue weighted by atomic mass is 31.1. The molecule has 142 valence electrons. The minimum absolute atomic E-state index is 0.148. The van der Waals surface area contributed by atoms with E-state index in [2.05, 4.69) is 86.1 Å². The summed E-state index contributed by atoms with van der Waals surface area (Å²) in [5.41, 5.74) is 0.148. The van der Waals surface area contributed by atoms with Crippen molar-refractivity contribution in [3.05, 3.63) is 60.7 Å². The maximum Gasteiger partial charge on any atom is 0.201 e. The second kappa shape index (κ2) is 7.73. The molecule has 1 fully saturated rings. The van der Waals surface area contributed by atoms with Gasteiger partial charge in [0.15, 0.2) is 0 Å². The predicted molar refractivity (Wildman–Crippen MR) is 115 cm³/mol. The molecule has 2 heterocycles. The van der Waals surface area contributed by atoms with Crippen molar-refractivity contribution in [1.82, 2.24) is 4.67 Å². The van der Waals surface area contributed by atoms with E-state index in [1.807, 2.05) is 0 Å². The van der Waals surface area contributed by atoms with Crippen molar-refractivity contribution < 1.29 is 4.74 Å². The molecule has 2 atom stereocenters. The number of ether oxygens (including phenoxy) is 1. The van der Waals surface area contributed by atoms with Gasteiger partial charge in [0.2, 0.25) is 5.90 Å². The van der Waals surface area contributed by atoms with Gasteiger partial charge in [-0.05, 0) is 28.9 Å². The van der Waals surface area contributed by atoms with Crippen LogP contribution in [0.5, 0.6) is 0 Å². The number of hydrogen-bond donors (Lipinski definition) is 0. The summed E-state index contributed by atoms with van der Waals surface area (Å²) in [5, 5.41) is 2.80. The number of rotatable bonds is 4. The highest BCUT2D eigenvalue weighted by Crippen LogP contribution is 2.45. The predicted octanol–water partition coefficient (Wildman–Crippen LogP) is 4.34.